The second-order valence-electron chi connectivity index (χ2n) is 7.42. The minimum Gasteiger partial charge on any atom is -0.381 e. The molecule has 3 nitrogen and oxygen atoms in total. The maximum absolute atomic E-state index is 8.94. The van der Waals surface area contributed by atoms with Crippen molar-refractivity contribution in [3.8, 4) is 6.07 Å². The molecule has 1 heterocycles. The van der Waals surface area contributed by atoms with Crippen molar-refractivity contribution in [2.75, 3.05) is 11.9 Å². The monoisotopic (exact) mass is 367 g/mol. The van der Waals surface area contributed by atoms with Gasteiger partial charge in [-0.15, -0.1) is 0 Å². The predicted octanol–water partition coefficient (Wildman–Crippen LogP) is 4.92. The molecule has 28 heavy (non-hydrogen) atoms. The third-order valence-electron chi connectivity index (χ3n) is 5.56. The van der Waals surface area contributed by atoms with E-state index in [1.165, 1.54) is 11.1 Å². The summed E-state index contributed by atoms with van der Waals surface area (Å²) in [6, 6.07) is 32.3. The van der Waals surface area contributed by atoms with Crippen molar-refractivity contribution in [2.24, 2.45) is 0 Å². The van der Waals surface area contributed by atoms with Gasteiger partial charge >= 0.3 is 0 Å². The molecule has 3 aromatic rings. The zero-order chi connectivity index (χ0) is 19.2. The largest absolute Gasteiger partial charge is 0.381 e. The van der Waals surface area contributed by atoms with Crippen LogP contribution in [-0.4, -0.2) is 18.6 Å². The summed E-state index contributed by atoms with van der Waals surface area (Å²) < 4.78 is 0. The quantitative estimate of drug-likeness (QED) is 0.673. The van der Waals surface area contributed by atoms with E-state index in [4.69, 9.17) is 5.26 Å². The van der Waals surface area contributed by atoms with Gasteiger partial charge in [-0.2, -0.15) is 5.26 Å². The van der Waals surface area contributed by atoms with E-state index < -0.39 is 0 Å². The molecular weight excluding hydrogens is 342 g/mol. The average molecular weight is 367 g/mol. The number of rotatable bonds is 5. The number of piperidine rings is 1. The maximum atomic E-state index is 8.94. The Hall–Kier alpha value is -3.09. The van der Waals surface area contributed by atoms with Crippen LogP contribution >= 0.6 is 0 Å². The molecule has 0 aliphatic carbocycles. The van der Waals surface area contributed by atoms with Crippen molar-refractivity contribution in [2.45, 2.75) is 30.8 Å². The first-order valence-corrected chi connectivity index (χ1v) is 9.93. The Kier molecular flexibility index (Phi) is 5.70. The van der Waals surface area contributed by atoms with Crippen molar-refractivity contribution in [3.63, 3.8) is 0 Å². The number of nitrogens with one attached hydrogen (secondary N) is 2. The molecule has 0 radical (unpaired) electrons. The molecule has 1 saturated heterocycles. The molecular formula is C25H25N3. The molecule has 0 amide bonds. The minimum absolute atomic E-state index is 0.360. The highest BCUT2D eigenvalue weighted by Gasteiger charge is 2.29. The Bertz CT molecular complexity index is 866. The fourth-order valence-corrected chi connectivity index (χ4v) is 4.14. The normalized spacial score (nSPS) is 19.1. The summed E-state index contributed by atoms with van der Waals surface area (Å²) in [6.07, 6.45) is 2.23. The summed E-state index contributed by atoms with van der Waals surface area (Å²) in [5.74, 6) is 0.360. The molecule has 0 saturated carbocycles. The summed E-state index contributed by atoms with van der Waals surface area (Å²) >= 11 is 0. The Morgan fingerprint density at radius 2 is 1.43 bits per heavy atom. The van der Waals surface area contributed by atoms with Crippen LogP contribution in [0.5, 0.6) is 0 Å². The van der Waals surface area contributed by atoms with E-state index in [0.29, 0.717) is 23.6 Å². The number of benzene rings is 3. The molecule has 4 rings (SSSR count). The fourth-order valence-electron chi connectivity index (χ4n) is 4.14. The second kappa shape index (κ2) is 8.73. The average Bonchev–Trinajstić information content (AvgIpc) is 2.77. The van der Waals surface area contributed by atoms with Crippen LogP contribution in [-0.2, 0) is 0 Å². The number of nitriles is 1. The van der Waals surface area contributed by atoms with Crippen LogP contribution < -0.4 is 10.6 Å². The van der Waals surface area contributed by atoms with Gasteiger partial charge in [-0.1, -0.05) is 60.7 Å². The molecule has 2 N–H and O–H groups in total. The number of hydrogen-bond donors (Lipinski definition) is 2. The predicted molar refractivity (Wildman–Crippen MR) is 114 cm³/mol. The topological polar surface area (TPSA) is 47.9 Å². The number of hydrogen-bond acceptors (Lipinski definition) is 3. The smallest absolute Gasteiger partial charge is 0.0991 e. The first-order chi connectivity index (χ1) is 13.8. The van der Waals surface area contributed by atoms with E-state index in [9.17, 15) is 0 Å². The Morgan fingerprint density at radius 1 is 0.821 bits per heavy atom. The van der Waals surface area contributed by atoms with Gasteiger partial charge in [0.2, 0.25) is 0 Å². The lowest BCUT2D eigenvalue weighted by Crippen LogP contribution is -2.47. The van der Waals surface area contributed by atoms with E-state index in [0.717, 1.165) is 25.1 Å². The van der Waals surface area contributed by atoms with E-state index >= 15 is 0 Å². The van der Waals surface area contributed by atoms with Crippen LogP contribution in [0, 0.1) is 11.3 Å². The van der Waals surface area contributed by atoms with Crippen LogP contribution in [0.4, 0.5) is 5.69 Å². The summed E-state index contributed by atoms with van der Waals surface area (Å²) in [5, 5.41) is 16.3. The highest BCUT2D eigenvalue weighted by Crippen LogP contribution is 2.32. The van der Waals surface area contributed by atoms with E-state index in [1.807, 2.05) is 24.3 Å². The van der Waals surface area contributed by atoms with Gasteiger partial charge in [-0.05, 0) is 48.2 Å². The molecule has 2 atom stereocenters. The Labute approximate surface area is 167 Å². The van der Waals surface area contributed by atoms with Crippen molar-refractivity contribution >= 4 is 5.69 Å². The molecule has 1 fully saturated rings. The minimum atomic E-state index is 0.360. The molecule has 1 aliphatic rings. The summed E-state index contributed by atoms with van der Waals surface area (Å²) in [7, 11) is 0. The lowest BCUT2D eigenvalue weighted by Gasteiger charge is -2.36. The van der Waals surface area contributed by atoms with Crippen LogP contribution in [0.2, 0.25) is 0 Å². The second-order valence-corrected chi connectivity index (χ2v) is 7.42. The van der Waals surface area contributed by atoms with Crippen LogP contribution in [0.3, 0.4) is 0 Å². The SMILES string of the molecule is N#Cc1ccc(N[C@@H]2CC[C@H](C(c3ccccc3)c3ccccc3)NC2)cc1. The van der Waals surface area contributed by atoms with Crippen molar-refractivity contribution in [1.82, 2.24) is 5.32 Å². The van der Waals surface area contributed by atoms with E-state index in [1.54, 1.807) is 0 Å². The van der Waals surface area contributed by atoms with Gasteiger partial charge < -0.3 is 10.6 Å². The lowest BCUT2D eigenvalue weighted by molar-refractivity contribution is 0.353. The standard InChI is InChI=1S/C25H25N3/c26-17-19-11-13-22(14-12-19)28-23-15-16-24(27-18-23)25(20-7-3-1-4-8-20)21-9-5-2-6-10-21/h1-14,23-25,27-28H,15-16,18H2/t23-,24-/m1/s1. The van der Waals surface area contributed by atoms with Gasteiger partial charge in [-0.3, -0.25) is 0 Å². The molecule has 3 aromatic carbocycles. The molecule has 140 valence electrons. The van der Waals surface area contributed by atoms with E-state index in [2.05, 4.69) is 77.4 Å². The molecule has 3 heteroatoms. The Morgan fingerprint density at radius 3 is 1.93 bits per heavy atom. The van der Waals surface area contributed by atoms with Crippen LogP contribution in [0.25, 0.3) is 0 Å². The fraction of sp³-hybridized carbons (Fsp3) is 0.240. The van der Waals surface area contributed by atoms with Gasteiger partial charge in [0.05, 0.1) is 11.6 Å². The van der Waals surface area contributed by atoms with E-state index in [-0.39, 0.29) is 0 Å². The third-order valence-corrected chi connectivity index (χ3v) is 5.56. The van der Waals surface area contributed by atoms with Gasteiger partial charge in [0.25, 0.3) is 0 Å². The summed E-state index contributed by atoms with van der Waals surface area (Å²) in [6.45, 7) is 0.931. The highest BCUT2D eigenvalue weighted by atomic mass is 15.0. The van der Waals surface area contributed by atoms with Crippen molar-refractivity contribution in [3.05, 3.63) is 102 Å². The molecule has 0 aromatic heterocycles. The molecule has 0 bridgehead atoms. The van der Waals surface area contributed by atoms with Crippen molar-refractivity contribution < 1.29 is 0 Å². The summed E-state index contributed by atoms with van der Waals surface area (Å²) in [4.78, 5) is 0. The molecule has 0 unspecified atom stereocenters. The third kappa shape index (κ3) is 4.24. The van der Waals surface area contributed by atoms with Crippen molar-refractivity contribution in [1.29, 1.82) is 5.26 Å². The molecule has 0 spiro atoms. The van der Waals surface area contributed by atoms with Gasteiger partial charge in [0, 0.05) is 30.2 Å². The van der Waals surface area contributed by atoms with Gasteiger partial charge in [0.1, 0.15) is 0 Å². The van der Waals surface area contributed by atoms with Gasteiger partial charge in [-0.25, -0.2) is 0 Å². The zero-order valence-corrected chi connectivity index (χ0v) is 15.9. The Balaban J connectivity index is 1.45. The highest BCUT2D eigenvalue weighted by molar-refractivity contribution is 5.48. The first-order valence-electron chi connectivity index (χ1n) is 9.93. The number of anilines is 1. The lowest BCUT2D eigenvalue weighted by atomic mass is 9.81. The maximum Gasteiger partial charge on any atom is 0.0991 e. The molecule has 1 aliphatic heterocycles. The van der Waals surface area contributed by atoms with Gasteiger partial charge in [0.15, 0.2) is 0 Å². The number of nitrogens with zero attached hydrogens (tertiary/aromatic N) is 1. The van der Waals surface area contributed by atoms with Crippen LogP contribution in [0.1, 0.15) is 35.4 Å². The first kappa shape index (κ1) is 18.3. The summed E-state index contributed by atoms with van der Waals surface area (Å²) in [5.41, 5.74) is 4.50. The zero-order valence-electron chi connectivity index (χ0n) is 15.9. The van der Waals surface area contributed by atoms with Crippen LogP contribution in [0.15, 0.2) is 84.9 Å².